The largest absolute Gasteiger partial charge is 0.324 e. The smallest absolute Gasteiger partial charge is 0.0339 e. The van der Waals surface area contributed by atoms with Gasteiger partial charge in [-0.3, -0.25) is 0 Å². The molecule has 0 saturated carbocycles. The van der Waals surface area contributed by atoms with Crippen LogP contribution in [0.25, 0.3) is 0 Å². The second-order valence-electron chi connectivity index (χ2n) is 1.76. The molecule has 54 valence electrons. The minimum absolute atomic E-state index is 0.955. The van der Waals surface area contributed by atoms with E-state index in [0.717, 1.165) is 5.75 Å². The van der Waals surface area contributed by atoms with Crippen molar-refractivity contribution in [3.63, 3.8) is 0 Å². The van der Waals surface area contributed by atoms with Crippen LogP contribution in [-0.2, 0) is 0 Å². The van der Waals surface area contributed by atoms with E-state index in [9.17, 15) is 0 Å². The molecule has 0 aliphatic carbocycles. The Labute approximate surface area is 60.9 Å². The first-order chi connectivity index (χ1) is 4.41. The highest BCUT2D eigenvalue weighted by Gasteiger charge is 1.82. The molecular formula is C6H14N2S. The summed E-state index contributed by atoms with van der Waals surface area (Å²) in [5, 5.41) is 3.39. The standard InChI is InChI=1S/C6H14N2S/c1-2-3-5-9-6-4-8-7/h4H,2-3,5-7H2,1H3. The zero-order chi connectivity index (χ0) is 6.95. The van der Waals surface area contributed by atoms with Gasteiger partial charge in [0.1, 0.15) is 0 Å². The van der Waals surface area contributed by atoms with Gasteiger partial charge in [-0.25, -0.2) is 0 Å². The van der Waals surface area contributed by atoms with Crippen LogP contribution in [0.5, 0.6) is 0 Å². The van der Waals surface area contributed by atoms with Crippen molar-refractivity contribution in [2.24, 2.45) is 10.9 Å². The molecule has 0 atom stereocenters. The van der Waals surface area contributed by atoms with Gasteiger partial charge >= 0.3 is 0 Å². The first kappa shape index (κ1) is 8.82. The van der Waals surface area contributed by atoms with Crippen LogP contribution in [0.3, 0.4) is 0 Å². The van der Waals surface area contributed by atoms with Crippen molar-refractivity contribution in [2.45, 2.75) is 19.8 Å². The Hall–Kier alpha value is -0.180. The number of thioether (sulfide) groups is 1. The molecule has 2 N–H and O–H groups in total. The summed E-state index contributed by atoms with van der Waals surface area (Å²) in [5.41, 5.74) is 0. The Morgan fingerprint density at radius 3 is 3.00 bits per heavy atom. The van der Waals surface area contributed by atoms with Crippen LogP contribution < -0.4 is 5.84 Å². The Bertz CT molecular complexity index is 73.5. The Balaban J connectivity index is 2.75. The molecule has 0 heterocycles. The van der Waals surface area contributed by atoms with Crippen LogP contribution in [0.4, 0.5) is 0 Å². The van der Waals surface area contributed by atoms with Gasteiger partial charge in [0.15, 0.2) is 0 Å². The van der Waals surface area contributed by atoms with Gasteiger partial charge in [0.2, 0.25) is 0 Å². The van der Waals surface area contributed by atoms with E-state index in [2.05, 4.69) is 12.0 Å². The molecule has 0 aliphatic heterocycles. The van der Waals surface area contributed by atoms with E-state index in [-0.39, 0.29) is 0 Å². The highest BCUT2D eigenvalue weighted by Crippen LogP contribution is 2.01. The highest BCUT2D eigenvalue weighted by molar-refractivity contribution is 7.99. The van der Waals surface area contributed by atoms with Gasteiger partial charge in [0, 0.05) is 12.0 Å². The topological polar surface area (TPSA) is 38.4 Å². The van der Waals surface area contributed by atoms with Crippen LogP contribution in [0, 0.1) is 0 Å². The number of rotatable bonds is 5. The zero-order valence-electron chi connectivity index (χ0n) is 5.84. The number of unbranched alkanes of at least 4 members (excludes halogenated alkanes) is 1. The second kappa shape index (κ2) is 7.82. The van der Waals surface area contributed by atoms with E-state index in [0.29, 0.717) is 0 Å². The van der Waals surface area contributed by atoms with Gasteiger partial charge < -0.3 is 5.84 Å². The number of hydrogen-bond donors (Lipinski definition) is 1. The summed E-state index contributed by atoms with van der Waals surface area (Å²) in [4.78, 5) is 0. The fourth-order valence-electron chi connectivity index (χ4n) is 0.425. The third kappa shape index (κ3) is 7.82. The van der Waals surface area contributed by atoms with Gasteiger partial charge in [0.25, 0.3) is 0 Å². The van der Waals surface area contributed by atoms with Gasteiger partial charge in [-0.05, 0) is 12.2 Å². The Morgan fingerprint density at radius 1 is 1.67 bits per heavy atom. The summed E-state index contributed by atoms with van der Waals surface area (Å²) in [7, 11) is 0. The lowest BCUT2D eigenvalue weighted by molar-refractivity contribution is 0.897. The van der Waals surface area contributed by atoms with Crippen molar-refractivity contribution in [3.05, 3.63) is 0 Å². The summed E-state index contributed by atoms with van der Waals surface area (Å²) < 4.78 is 0. The summed E-state index contributed by atoms with van der Waals surface area (Å²) in [6, 6.07) is 0. The molecule has 0 fully saturated rings. The lowest BCUT2D eigenvalue weighted by Gasteiger charge is -1.92. The van der Waals surface area contributed by atoms with E-state index >= 15 is 0 Å². The molecule has 0 rings (SSSR count). The van der Waals surface area contributed by atoms with Crippen molar-refractivity contribution in [1.29, 1.82) is 0 Å². The molecule has 0 aromatic heterocycles. The van der Waals surface area contributed by atoms with Crippen molar-refractivity contribution < 1.29 is 0 Å². The number of nitrogens with two attached hydrogens (primary N) is 1. The molecule has 0 saturated heterocycles. The molecule has 0 spiro atoms. The molecule has 0 aliphatic rings. The Kier molecular flexibility index (Phi) is 7.66. The Morgan fingerprint density at radius 2 is 2.44 bits per heavy atom. The third-order valence-electron chi connectivity index (χ3n) is 0.940. The maximum Gasteiger partial charge on any atom is 0.0339 e. The number of hydrazone groups is 1. The maximum absolute atomic E-state index is 4.90. The molecule has 3 heteroatoms. The van der Waals surface area contributed by atoms with Crippen LogP contribution in [-0.4, -0.2) is 17.7 Å². The first-order valence-corrected chi connectivity index (χ1v) is 4.36. The molecule has 0 radical (unpaired) electrons. The minimum Gasteiger partial charge on any atom is -0.324 e. The van der Waals surface area contributed by atoms with Crippen LogP contribution in [0.2, 0.25) is 0 Å². The van der Waals surface area contributed by atoms with E-state index in [4.69, 9.17) is 5.84 Å². The van der Waals surface area contributed by atoms with Gasteiger partial charge in [-0.2, -0.15) is 16.9 Å². The second-order valence-corrected chi connectivity index (χ2v) is 2.91. The van der Waals surface area contributed by atoms with Crippen LogP contribution in [0.15, 0.2) is 5.10 Å². The van der Waals surface area contributed by atoms with Crippen molar-refractivity contribution >= 4 is 18.0 Å². The van der Waals surface area contributed by atoms with Crippen molar-refractivity contribution in [2.75, 3.05) is 11.5 Å². The molecule has 2 nitrogen and oxygen atoms in total. The first-order valence-electron chi connectivity index (χ1n) is 3.21. The third-order valence-corrected chi connectivity index (χ3v) is 1.90. The van der Waals surface area contributed by atoms with E-state index < -0.39 is 0 Å². The van der Waals surface area contributed by atoms with Crippen LogP contribution in [0.1, 0.15) is 19.8 Å². The van der Waals surface area contributed by atoms with Crippen molar-refractivity contribution in [1.82, 2.24) is 0 Å². The molecule has 0 aromatic rings. The van der Waals surface area contributed by atoms with Crippen LogP contribution >= 0.6 is 11.8 Å². The van der Waals surface area contributed by atoms with E-state index in [1.807, 2.05) is 11.8 Å². The predicted molar refractivity (Wildman–Crippen MR) is 44.9 cm³/mol. The van der Waals surface area contributed by atoms with Gasteiger partial charge in [-0.1, -0.05) is 13.3 Å². The lowest BCUT2D eigenvalue weighted by atomic mass is 10.4. The monoisotopic (exact) mass is 146 g/mol. The lowest BCUT2D eigenvalue weighted by Crippen LogP contribution is -1.87. The number of nitrogens with zero attached hydrogens (tertiary/aromatic N) is 1. The molecule has 0 unspecified atom stereocenters. The quantitative estimate of drug-likeness (QED) is 0.276. The normalized spacial score (nSPS) is 10.8. The predicted octanol–water partition coefficient (Wildman–Crippen LogP) is 1.46. The van der Waals surface area contributed by atoms with E-state index in [1.165, 1.54) is 18.6 Å². The maximum atomic E-state index is 4.90. The summed E-state index contributed by atoms with van der Waals surface area (Å²) in [6.45, 7) is 2.19. The molecule has 0 bridgehead atoms. The van der Waals surface area contributed by atoms with Crippen molar-refractivity contribution in [3.8, 4) is 0 Å². The minimum atomic E-state index is 0.955. The molecule has 0 aromatic carbocycles. The fourth-order valence-corrected chi connectivity index (χ4v) is 1.28. The average Bonchev–Trinajstić information content (AvgIpc) is 1.89. The zero-order valence-corrected chi connectivity index (χ0v) is 6.66. The molecule has 9 heavy (non-hydrogen) atoms. The van der Waals surface area contributed by atoms with Gasteiger partial charge in [-0.15, -0.1) is 0 Å². The number of hydrogen-bond acceptors (Lipinski definition) is 3. The fraction of sp³-hybridized carbons (Fsp3) is 0.833. The summed E-state index contributed by atoms with van der Waals surface area (Å²) in [6.07, 6.45) is 4.30. The summed E-state index contributed by atoms with van der Waals surface area (Å²) >= 11 is 1.87. The average molecular weight is 146 g/mol. The molecule has 0 amide bonds. The molecular weight excluding hydrogens is 132 g/mol. The van der Waals surface area contributed by atoms with E-state index in [1.54, 1.807) is 6.21 Å². The highest BCUT2D eigenvalue weighted by atomic mass is 32.2. The SMILES string of the molecule is CCCCSCC=NN. The summed E-state index contributed by atoms with van der Waals surface area (Å²) in [5.74, 6) is 7.08. The van der Waals surface area contributed by atoms with Gasteiger partial charge in [0.05, 0.1) is 0 Å².